The maximum absolute atomic E-state index is 14.3. The molecule has 8 heteroatoms. The Morgan fingerprint density at radius 2 is 1.71 bits per heavy atom. The fourth-order valence-corrected chi connectivity index (χ4v) is 6.95. The number of fused-ring (bicyclic) bond motifs is 1. The van der Waals surface area contributed by atoms with Crippen molar-refractivity contribution in [2.24, 2.45) is 17.8 Å². The molecule has 3 fully saturated rings. The van der Waals surface area contributed by atoms with Crippen LogP contribution in [0.25, 0.3) is 0 Å². The Balaban J connectivity index is 1.53. The Hall–Kier alpha value is -3.23. The van der Waals surface area contributed by atoms with Crippen molar-refractivity contribution in [2.75, 3.05) is 11.9 Å². The molecule has 3 amide bonds. The second-order valence-electron chi connectivity index (χ2n) is 11.1. The van der Waals surface area contributed by atoms with Crippen LogP contribution in [0.5, 0.6) is 0 Å². The molecule has 3 saturated heterocycles. The zero-order valence-electron chi connectivity index (χ0n) is 22.2. The number of likely N-dealkylation sites (tertiary alicyclic amines) is 1. The number of aliphatic hydroxyl groups excluding tert-OH is 1. The summed E-state index contributed by atoms with van der Waals surface area (Å²) in [7, 11) is 0. The number of para-hydroxylation sites is 1. The third-order valence-corrected chi connectivity index (χ3v) is 8.81. The Kier molecular flexibility index (Phi) is 7.05. The molecule has 0 saturated carbocycles. The maximum Gasteiger partial charge on any atom is 0.246 e. The highest BCUT2D eigenvalue weighted by atomic mass is 16.5. The fourth-order valence-electron chi connectivity index (χ4n) is 6.95. The number of rotatable bonds is 9. The predicted molar refractivity (Wildman–Crippen MR) is 143 cm³/mol. The van der Waals surface area contributed by atoms with Crippen LogP contribution in [-0.2, 0) is 25.7 Å². The average Bonchev–Trinajstić information content (AvgIpc) is 3.53. The average molecular weight is 520 g/mol. The Labute approximate surface area is 223 Å². The lowest BCUT2D eigenvalue weighted by Crippen LogP contribution is -2.58. The molecule has 0 aromatic heterocycles. The van der Waals surface area contributed by atoms with Gasteiger partial charge in [-0.25, -0.2) is 0 Å². The van der Waals surface area contributed by atoms with Crippen LogP contribution in [0.3, 0.4) is 0 Å². The van der Waals surface area contributed by atoms with Crippen LogP contribution in [0.1, 0.15) is 45.6 Å². The van der Waals surface area contributed by atoms with Gasteiger partial charge < -0.3 is 25.4 Å². The number of carbonyl (C=O) groups is 3. The van der Waals surface area contributed by atoms with Crippen molar-refractivity contribution in [2.45, 2.75) is 69.9 Å². The molecule has 3 aliphatic heterocycles. The van der Waals surface area contributed by atoms with Gasteiger partial charge in [-0.2, -0.15) is 0 Å². The van der Waals surface area contributed by atoms with Crippen LogP contribution >= 0.6 is 0 Å². The van der Waals surface area contributed by atoms with Gasteiger partial charge in [-0.3, -0.25) is 14.4 Å². The molecule has 202 valence electrons. The summed E-state index contributed by atoms with van der Waals surface area (Å²) < 4.78 is 6.79. The third kappa shape index (κ3) is 4.10. The standard InChI is InChI=1S/C30H37N3O5/c1-4-29-15-16-30(38-29)24(23(29)26(35)32-21-13-9-6-10-14-21)28(37)33(22(18-34)19(2)3)25(30)27(36)31-17-20-11-7-5-8-12-20/h5-14,19,22-25,34H,4,15-18H2,1-3H3,(H,31,36)(H,32,35)/t22-,23+,24-,25?,29-,30?/m0/s1. The van der Waals surface area contributed by atoms with E-state index in [1.54, 1.807) is 0 Å². The molecule has 0 aliphatic carbocycles. The zero-order valence-corrected chi connectivity index (χ0v) is 22.2. The lowest BCUT2D eigenvalue weighted by atomic mass is 9.65. The molecule has 3 aliphatic rings. The first-order valence-corrected chi connectivity index (χ1v) is 13.6. The van der Waals surface area contributed by atoms with Gasteiger partial charge in [-0.15, -0.1) is 0 Å². The number of benzene rings is 2. The van der Waals surface area contributed by atoms with Crippen molar-refractivity contribution in [1.82, 2.24) is 10.2 Å². The van der Waals surface area contributed by atoms with E-state index in [4.69, 9.17) is 4.74 Å². The largest absolute Gasteiger partial charge is 0.394 e. The molecular formula is C30H37N3O5. The Morgan fingerprint density at radius 1 is 1.05 bits per heavy atom. The molecule has 38 heavy (non-hydrogen) atoms. The molecule has 3 heterocycles. The summed E-state index contributed by atoms with van der Waals surface area (Å²) in [4.78, 5) is 43.5. The number of hydrogen-bond acceptors (Lipinski definition) is 5. The van der Waals surface area contributed by atoms with Gasteiger partial charge in [-0.05, 0) is 42.9 Å². The van der Waals surface area contributed by atoms with Crippen LogP contribution in [0.2, 0.25) is 0 Å². The van der Waals surface area contributed by atoms with E-state index in [0.717, 1.165) is 5.56 Å². The number of amides is 3. The Morgan fingerprint density at radius 3 is 2.32 bits per heavy atom. The van der Waals surface area contributed by atoms with Crippen LogP contribution in [0, 0.1) is 17.8 Å². The molecule has 5 rings (SSSR count). The van der Waals surface area contributed by atoms with Gasteiger partial charge in [0, 0.05) is 12.2 Å². The molecule has 3 N–H and O–H groups in total. The first kappa shape index (κ1) is 26.4. The first-order valence-electron chi connectivity index (χ1n) is 13.6. The number of carbonyl (C=O) groups excluding carboxylic acids is 3. The van der Waals surface area contributed by atoms with Crippen molar-refractivity contribution in [3.8, 4) is 0 Å². The number of nitrogens with one attached hydrogen (secondary N) is 2. The highest BCUT2D eigenvalue weighted by Crippen LogP contribution is 2.64. The summed E-state index contributed by atoms with van der Waals surface area (Å²) in [6, 6.07) is 17.2. The fraction of sp³-hybridized carbons (Fsp3) is 0.500. The van der Waals surface area contributed by atoms with Gasteiger partial charge in [0.2, 0.25) is 17.7 Å². The van der Waals surface area contributed by atoms with E-state index in [1.165, 1.54) is 4.90 Å². The summed E-state index contributed by atoms with van der Waals surface area (Å²) in [5.74, 6) is -2.53. The minimum Gasteiger partial charge on any atom is -0.394 e. The molecule has 2 aromatic rings. The second kappa shape index (κ2) is 10.2. The van der Waals surface area contributed by atoms with E-state index < -0.39 is 35.1 Å². The minimum absolute atomic E-state index is 0.0995. The molecule has 0 radical (unpaired) electrons. The van der Waals surface area contributed by atoms with Gasteiger partial charge in [-0.1, -0.05) is 69.3 Å². The maximum atomic E-state index is 14.3. The summed E-state index contributed by atoms with van der Waals surface area (Å²) in [5.41, 5.74) is -0.365. The molecule has 2 bridgehead atoms. The quantitative estimate of drug-likeness (QED) is 0.472. The van der Waals surface area contributed by atoms with Crippen molar-refractivity contribution in [3.05, 3.63) is 66.2 Å². The van der Waals surface area contributed by atoms with Crippen molar-refractivity contribution in [1.29, 1.82) is 0 Å². The smallest absolute Gasteiger partial charge is 0.246 e. The molecule has 1 spiro atoms. The number of ether oxygens (including phenoxy) is 1. The summed E-state index contributed by atoms with van der Waals surface area (Å²) >= 11 is 0. The third-order valence-electron chi connectivity index (χ3n) is 8.81. The lowest BCUT2D eigenvalue weighted by molar-refractivity contribution is -0.151. The molecular weight excluding hydrogens is 482 g/mol. The van der Waals surface area contributed by atoms with E-state index in [0.29, 0.717) is 31.5 Å². The van der Waals surface area contributed by atoms with Crippen LogP contribution < -0.4 is 10.6 Å². The van der Waals surface area contributed by atoms with Crippen molar-refractivity contribution in [3.63, 3.8) is 0 Å². The van der Waals surface area contributed by atoms with Crippen LogP contribution in [0.4, 0.5) is 5.69 Å². The van der Waals surface area contributed by atoms with E-state index in [1.807, 2.05) is 81.4 Å². The summed E-state index contributed by atoms with van der Waals surface area (Å²) in [6.45, 7) is 5.84. The monoisotopic (exact) mass is 519 g/mol. The summed E-state index contributed by atoms with van der Waals surface area (Å²) in [6.07, 6.45) is 1.64. The highest BCUT2D eigenvalue weighted by Gasteiger charge is 2.79. The van der Waals surface area contributed by atoms with E-state index in [-0.39, 0.29) is 30.2 Å². The van der Waals surface area contributed by atoms with E-state index in [2.05, 4.69) is 10.6 Å². The van der Waals surface area contributed by atoms with E-state index in [9.17, 15) is 19.5 Å². The molecule has 2 unspecified atom stereocenters. The normalized spacial score (nSPS) is 30.4. The van der Waals surface area contributed by atoms with Gasteiger partial charge in [0.05, 0.1) is 30.1 Å². The minimum atomic E-state index is -1.13. The van der Waals surface area contributed by atoms with Gasteiger partial charge in [0.15, 0.2) is 0 Å². The number of hydrogen-bond donors (Lipinski definition) is 3. The first-order chi connectivity index (χ1) is 18.3. The zero-order chi connectivity index (χ0) is 27.1. The Bertz CT molecular complexity index is 1190. The van der Waals surface area contributed by atoms with Crippen LogP contribution in [-0.4, -0.2) is 57.6 Å². The van der Waals surface area contributed by atoms with E-state index >= 15 is 0 Å². The SMILES string of the molecule is CC[C@@]12CCC3(O1)C(C(=O)NCc1ccccc1)N([C@@H](CO)C(C)C)C(=O)[C@@H]3[C@@H]2C(=O)Nc1ccccc1. The molecule has 2 aromatic carbocycles. The van der Waals surface area contributed by atoms with Crippen molar-refractivity contribution < 1.29 is 24.2 Å². The lowest BCUT2D eigenvalue weighted by Gasteiger charge is -2.38. The van der Waals surface area contributed by atoms with Gasteiger partial charge in [0.25, 0.3) is 0 Å². The van der Waals surface area contributed by atoms with Gasteiger partial charge in [0.1, 0.15) is 11.6 Å². The predicted octanol–water partition coefficient (Wildman–Crippen LogP) is 3.11. The number of aliphatic hydroxyl groups is 1. The second-order valence-corrected chi connectivity index (χ2v) is 11.1. The van der Waals surface area contributed by atoms with Crippen molar-refractivity contribution >= 4 is 23.4 Å². The summed E-state index contributed by atoms with van der Waals surface area (Å²) in [5, 5.41) is 16.3. The number of nitrogens with zero attached hydrogens (tertiary/aromatic N) is 1. The highest BCUT2D eigenvalue weighted by molar-refractivity contribution is 6.02. The number of anilines is 1. The van der Waals surface area contributed by atoms with Crippen LogP contribution in [0.15, 0.2) is 60.7 Å². The topological polar surface area (TPSA) is 108 Å². The molecule has 8 nitrogen and oxygen atoms in total. The molecule has 6 atom stereocenters. The van der Waals surface area contributed by atoms with Gasteiger partial charge >= 0.3 is 0 Å².